The SMILES string of the molecule is NC(=S)CCc1ccnc(NC(=O)O)c1. The molecular formula is C9H11N3O2S. The molecule has 1 rings (SSSR count). The van der Waals surface area contributed by atoms with Crippen LogP contribution in [0.15, 0.2) is 18.3 Å². The van der Waals surface area contributed by atoms with Gasteiger partial charge >= 0.3 is 6.09 Å². The number of aromatic nitrogens is 1. The van der Waals surface area contributed by atoms with Crippen LogP contribution in [0, 0.1) is 0 Å². The van der Waals surface area contributed by atoms with Crippen molar-refractivity contribution in [2.45, 2.75) is 12.8 Å². The minimum Gasteiger partial charge on any atom is -0.465 e. The van der Waals surface area contributed by atoms with Gasteiger partial charge in [-0.25, -0.2) is 9.78 Å². The first-order chi connectivity index (χ1) is 7.08. The summed E-state index contributed by atoms with van der Waals surface area (Å²) in [6.07, 6.45) is 1.70. The Bertz CT molecular complexity index is 381. The van der Waals surface area contributed by atoms with Crippen LogP contribution in [0.4, 0.5) is 10.6 Å². The third-order valence-electron chi connectivity index (χ3n) is 1.72. The Kier molecular flexibility index (Phi) is 3.99. The summed E-state index contributed by atoms with van der Waals surface area (Å²) in [4.78, 5) is 14.6. The number of hydrogen-bond donors (Lipinski definition) is 3. The Morgan fingerprint density at radius 2 is 2.40 bits per heavy atom. The molecule has 4 N–H and O–H groups in total. The van der Waals surface area contributed by atoms with Crippen LogP contribution in [0.2, 0.25) is 0 Å². The number of thiocarbonyl (C=S) groups is 1. The zero-order valence-electron chi connectivity index (χ0n) is 7.93. The number of rotatable bonds is 4. The molecule has 80 valence electrons. The van der Waals surface area contributed by atoms with Crippen molar-refractivity contribution in [1.82, 2.24) is 4.98 Å². The van der Waals surface area contributed by atoms with Crippen LogP contribution in [0.3, 0.4) is 0 Å². The topological polar surface area (TPSA) is 88.2 Å². The van der Waals surface area contributed by atoms with Crippen LogP contribution in [0.25, 0.3) is 0 Å². The maximum Gasteiger partial charge on any atom is 0.410 e. The summed E-state index contributed by atoms with van der Waals surface area (Å²) >= 11 is 4.75. The lowest BCUT2D eigenvalue weighted by Crippen LogP contribution is -2.10. The van der Waals surface area contributed by atoms with E-state index < -0.39 is 6.09 Å². The molecule has 0 aliphatic rings. The Morgan fingerprint density at radius 3 is 3.00 bits per heavy atom. The minimum absolute atomic E-state index is 0.308. The van der Waals surface area contributed by atoms with Gasteiger partial charge in [-0.15, -0.1) is 0 Å². The first-order valence-electron chi connectivity index (χ1n) is 4.31. The normalized spacial score (nSPS) is 9.60. The second-order valence-electron chi connectivity index (χ2n) is 2.95. The van der Waals surface area contributed by atoms with E-state index in [1.54, 1.807) is 18.3 Å². The van der Waals surface area contributed by atoms with Gasteiger partial charge < -0.3 is 10.8 Å². The molecule has 1 heterocycles. The molecule has 0 aliphatic carbocycles. The number of aryl methyl sites for hydroxylation is 1. The number of hydrogen-bond acceptors (Lipinski definition) is 3. The van der Waals surface area contributed by atoms with Gasteiger partial charge in [0.15, 0.2) is 0 Å². The maximum atomic E-state index is 10.4. The van der Waals surface area contributed by atoms with Crippen molar-refractivity contribution in [1.29, 1.82) is 0 Å². The Labute approximate surface area is 92.3 Å². The number of anilines is 1. The van der Waals surface area contributed by atoms with Crippen LogP contribution in [0.1, 0.15) is 12.0 Å². The van der Waals surface area contributed by atoms with Gasteiger partial charge in [-0.05, 0) is 24.1 Å². The van der Waals surface area contributed by atoms with Gasteiger partial charge in [0.1, 0.15) is 5.82 Å². The molecule has 1 amide bonds. The summed E-state index contributed by atoms with van der Waals surface area (Å²) < 4.78 is 0. The maximum absolute atomic E-state index is 10.4. The summed E-state index contributed by atoms with van der Waals surface area (Å²) in [5.41, 5.74) is 6.31. The van der Waals surface area contributed by atoms with Gasteiger partial charge in [-0.1, -0.05) is 12.2 Å². The zero-order chi connectivity index (χ0) is 11.3. The van der Waals surface area contributed by atoms with E-state index in [-0.39, 0.29) is 0 Å². The van der Waals surface area contributed by atoms with Crippen LogP contribution in [-0.2, 0) is 6.42 Å². The van der Waals surface area contributed by atoms with E-state index in [9.17, 15) is 4.79 Å². The van der Waals surface area contributed by atoms with Crippen molar-refractivity contribution in [3.63, 3.8) is 0 Å². The lowest BCUT2D eigenvalue weighted by molar-refractivity contribution is 0.209. The molecule has 0 aliphatic heterocycles. The van der Waals surface area contributed by atoms with Gasteiger partial charge in [-0.2, -0.15) is 0 Å². The molecule has 0 unspecified atom stereocenters. The van der Waals surface area contributed by atoms with Crippen molar-refractivity contribution in [3.8, 4) is 0 Å². The molecule has 0 fully saturated rings. The Morgan fingerprint density at radius 1 is 1.67 bits per heavy atom. The monoisotopic (exact) mass is 225 g/mol. The average molecular weight is 225 g/mol. The molecular weight excluding hydrogens is 214 g/mol. The number of carboxylic acid groups (broad SMARTS) is 1. The lowest BCUT2D eigenvalue weighted by Gasteiger charge is -2.03. The van der Waals surface area contributed by atoms with E-state index in [4.69, 9.17) is 23.1 Å². The van der Waals surface area contributed by atoms with Crippen molar-refractivity contribution in [3.05, 3.63) is 23.9 Å². The predicted octanol–water partition coefficient (Wildman–Crippen LogP) is 1.39. The Hall–Kier alpha value is -1.69. The minimum atomic E-state index is -1.13. The fourth-order valence-electron chi connectivity index (χ4n) is 1.08. The van der Waals surface area contributed by atoms with Gasteiger partial charge in [-0.3, -0.25) is 5.32 Å². The molecule has 5 nitrogen and oxygen atoms in total. The fraction of sp³-hybridized carbons (Fsp3) is 0.222. The lowest BCUT2D eigenvalue weighted by atomic mass is 10.1. The molecule has 0 aromatic carbocycles. The summed E-state index contributed by atoms with van der Waals surface area (Å²) in [7, 11) is 0. The van der Waals surface area contributed by atoms with E-state index in [1.807, 2.05) is 0 Å². The second-order valence-corrected chi connectivity index (χ2v) is 3.47. The highest BCUT2D eigenvalue weighted by molar-refractivity contribution is 7.80. The standard InChI is InChI=1S/C9H11N3O2S/c10-7(15)2-1-6-3-4-11-8(5-6)12-9(13)14/h3-5H,1-2H2,(H2,10,15)(H,11,12)(H,13,14). The van der Waals surface area contributed by atoms with Crippen LogP contribution < -0.4 is 11.1 Å². The van der Waals surface area contributed by atoms with Crippen LogP contribution in [-0.4, -0.2) is 21.2 Å². The quantitative estimate of drug-likeness (QED) is 0.674. The molecule has 0 saturated heterocycles. The third kappa shape index (κ3) is 4.37. The van der Waals surface area contributed by atoms with Gasteiger partial charge in [0, 0.05) is 12.6 Å². The number of pyridine rings is 1. The summed E-state index contributed by atoms with van der Waals surface area (Å²) in [6, 6.07) is 3.46. The zero-order valence-corrected chi connectivity index (χ0v) is 8.75. The molecule has 0 bridgehead atoms. The highest BCUT2D eigenvalue weighted by Gasteiger charge is 2.01. The Balaban J connectivity index is 2.65. The highest BCUT2D eigenvalue weighted by atomic mass is 32.1. The van der Waals surface area contributed by atoms with E-state index in [0.717, 1.165) is 5.56 Å². The number of nitrogens with zero attached hydrogens (tertiary/aromatic N) is 1. The predicted molar refractivity (Wildman–Crippen MR) is 61.0 cm³/mol. The third-order valence-corrected chi connectivity index (χ3v) is 1.92. The summed E-state index contributed by atoms with van der Waals surface area (Å²) in [5.74, 6) is 0.308. The second kappa shape index (κ2) is 5.26. The summed E-state index contributed by atoms with van der Waals surface area (Å²) in [5, 5.41) is 10.7. The van der Waals surface area contributed by atoms with E-state index in [0.29, 0.717) is 23.6 Å². The number of nitrogens with two attached hydrogens (primary N) is 1. The number of carbonyl (C=O) groups is 1. The molecule has 0 spiro atoms. The van der Waals surface area contributed by atoms with Crippen molar-refractivity contribution in [2.75, 3.05) is 5.32 Å². The van der Waals surface area contributed by atoms with Crippen molar-refractivity contribution >= 4 is 29.1 Å². The van der Waals surface area contributed by atoms with Gasteiger partial charge in [0.05, 0.1) is 4.99 Å². The fourth-order valence-corrected chi connectivity index (χ4v) is 1.18. The number of nitrogens with one attached hydrogen (secondary N) is 1. The highest BCUT2D eigenvalue weighted by Crippen LogP contribution is 2.08. The van der Waals surface area contributed by atoms with Gasteiger partial charge in [0.25, 0.3) is 0 Å². The molecule has 1 aromatic rings. The van der Waals surface area contributed by atoms with E-state index in [1.165, 1.54) is 0 Å². The molecule has 0 atom stereocenters. The first kappa shape index (κ1) is 11.4. The molecule has 1 aromatic heterocycles. The van der Waals surface area contributed by atoms with E-state index >= 15 is 0 Å². The number of amides is 1. The summed E-state index contributed by atoms with van der Waals surface area (Å²) in [6.45, 7) is 0. The van der Waals surface area contributed by atoms with E-state index in [2.05, 4.69) is 10.3 Å². The van der Waals surface area contributed by atoms with Gasteiger partial charge in [0.2, 0.25) is 0 Å². The smallest absolute Gasteiger partial charge is 0.410 e. The van der Waals surface area contributed by atoms with Crippen LogP contribution >= 0.6 is 12.2 Å². The molecule has 0 radical (unpaired) electrons. The average Bonchev–Trinajstić information content (AvgIpc) is 2.14. The molecule has 0 saturated carbocycles. The van der Waals surface area contributed by atoms with Crippen molar-refractivity contribution in [2.24, 2.45) is 5.73 Å². The molecule has 15 heavy (non-hydrogen) atoms. The first-order valence-corrected chi connectivity index (χ1v) is 4.72. The van der Waals surface area contributed by atoms with Crippen molar-refractivity contribution < 1.29 is 9.90 Å². The molecule has 6 heteroatoms. The largest absolute Gasteiger partial charge is 0.465 e. The van der Waals surface area contributed by atoms with Crippen LogP contribution in [0.5, 0.6) is 0 Å².